The normalized spacial score (nSPS) is 13.4. The van der Waals surface area contributed by atoms with Gasteiger partial charge in [-0.3, -0.25) is 9.69 Å². The molecule has 166 valence electrons. The lowest BCUT2D eigenvalue weighted by molar-refractivity contribution is 0.102. The zero-order chi connectivity index (χ0) is 22.9. The summed E-state index contributed by atoms with van der Waals surface area (Å²) in [7, 11) is -1.86. The number of anilines is 2. The molecule has 0 bridgehead atoms. The Bertz CT molecular complexity index is 1280. The molecule has 0 saturated carbocycles. The lowest BCUT2D eigenvalue weighted by atomic mass is 10.0. The maximum Gasteiger partial charge on any atom is 0.321 e. The molecule has 32 heavy (non-hydrogen) atoms. The smallest absolute Gasteiger partial charge is 0.321 e. The average Bonchev–Trinajstić information content (AvgIpc) is 3.29. The monoisotopic (exact) mass is 453 g/mol. The summed E-state index contributed by atoms with van der Waals surface area (Å²) in [6.07, 6.45) is 4.23. The number of aryl methyl sites for hydroxylation is 1. The number of hydrogen-bond acceptors (Lipinski definition) is 5. The fourth-order valence-corrected chi connectivity index (χ4v) is 4.16. The van der Waals surface area contributed by atoms with E-state index in [1.807, 2.05) is 18.2 Å². The number of urea groups is 1. The van der Waals surface area contributed by atoms with Gasteiger partial charge in [0, 0.05) is 36.6 Å². The molecular weight excluding hydrogens is 430 g/mol. The molecule has 2 heterocycles. The van der Waals surface area contributed by atoms with E-state index in [1.165, 1.54) is 6.20 Å². The highest BCUT2D eigenvalue weighted by Gasteiger charge is 2.22. The SMILES string of the molecule is CNC(=O)N1CCCc2ccc(NC(=O)c3ccc(-c4ccn(S(C)(=O)=O)n4)cc3)cc21. The number of hydrogen-bond donors (Lipinski definition) is 2. The Morgan fingerprint density at radius 3 is 2.47 bits per heavy atom. The van der Waals surface area contributed by atoms with Crippen LogP contribution >= 0.6 is 0 Å². The lowest BCUT2D eigenvalue weighted by Gasteiger charge is -2.29. The summed E-state index contributed by atoms with van der Waals surface area (Å²) in [6, 6.07) is 13.7. The van der Waals surface area contributed by atoms with E-state index in [-0.39, 0.29) is 11.9 Å². The number of nitrogens with one attached hydrogen (secondary N) is 2. The number of amides is 3. The van der Waals surface area contributed by atoms with Crippen LogP contribution in [-0.2, 0) is 16.4 Å². The van der Waals surface area contributed by atoms with Crippen molar-refractivity contribution >= 4 is 33.3 Å². The molecule has 1 aliphatic rings. The Kier molecular flexibility index (Phi) is 5.70. The summed E-state index contributed by atoms with van der Waals surface area (Å²) in [5.41, 5.74) is 4.09. The summed E-state index contributed by atoms with van der Waals surface area (Å²) in [6.45, 7) is 0.626. The van der Waals surface area contributed by atoms with Gasteiger partial charge in [0.15, 0.2) is 0 Å². The fraction of sp³-hybridized carbons (Fsp3) is 0.227. The molecule has 0 radical (unpaired) electrons. The zero-order valence-corrected chi connectivity index (χ0v) is 18.5. The molecule has 2 N–H and O–H groups in total. The number of carbonyl (C=O) groups excluding carboxylic acids is 2. The Hall–Kier alpha value is -3.66. The van der Waals surface area contributed by atoms with Gasteiger partial charge in [0.2, 0.25) is 0 Å². The Balaban J connectivity index is 1.51. The maximum absolute atomic E-state index is 12.7. The molecule has 9 nitrogen and oxygen atoms in total. The van der Waals surface area contributed by atoms with E-state index in [0.717, 1.165) is 34.4 Å². The van der Waals surface area contributed by atoms with Crippen LogP contribution in [0.1, 0.15) is 22.3 Å². The van der Waals surface area contributed by atoms with Crippen LogP contribution in [0.5, 0.6) is 0 Å². The van der Waals surface area contributed by atoms with Crippen LogP contribution in [0.3, 0.4) is 0 Å². The minimum atomic E-state index is -3.45. The van der Waals surface area contributed by atoms with Crippen molar-refractivity contribution in [3.63, 3.8) is 0 Å². The average molecular weight is 454 g/mol. The Labute approximate surface area is 186 Å². The molecule has 0 spiro atoms. The molecule has 1 aliphatic heterocycles. The molecule has 1 aromatic heterocycles. The van der Waals surface area contributed by atoms with Crippen molar-refractivity contribution in [1.82, 2.24) is 14.5 Å². The first-order valence-electron chi connectivity index (χ1n) is 10.1. The predicted octanol–water partition coefficient (Wildman–Crippen LogP) is 2.70. The molecule has 0 atom stereocenters. The van der Waals surface area contributed by atoms with Crippen molar-refractivity contribution in [1.29, 1.82) is 0 Å². The van der Waals surface area contributed by atoms with Crippen LogP contribution in [0.4, 0.5) is 16.2 Å². The first kappa shape index (κ1) is 21.6. The third-order valence-electron chi connectivity index (χ3n) is 5.27. The molecule has 0 aliphatic carbocycles. The zero-order valence-electron chi connectivity index (χ0n) is 17.7. The minimum absolute atomic E-state index is 0.177. The van der Waals surface area contributed by atoms with Gasteiger partial charge in [-0.2, -0.15) is 9.19 Å². The van der Waals surface area contributed by atoms with Crippen LogP contribution < -0.4 is 15.5 Å². The highest BCUT2D eigenvalue weighted by molar-refractivity contribution is 7.89. The largest absolute Gasteiger partial charge is 0.341 e. The van der Waals surface area contributed by atoms with Crippen molar-refractivity contribution in [2.75, 3.05) is 30.1 Å². The van der Waals surface area contributed by atoms with Crippen LogP contribution in [0.2, 0.25) is 0 Å². The number of nitrogens with zero attached hydrogens (tertiary/aromatic N) is 3. The van der Waals surface area contributed by atoms with Crippen LogP contribution in [0.25, 0.3) is 11.3 Å². The highest BCUT2D eigenvalue weighted by Crippen LogP contribution is 2.30. The summed E-state index contributed by atoms with van der Waals surface area (Å²) >= 11 is 0. The Morgan fingerprint density at radius 2 is 1.81 bits per heavy atom. The van der Waals surface area contributed by atoms with Crippen molar-refractivity contribution < 1.29 is 18.0 Å². The maximum atomic E-state index is 12.7. The lowest BCUT2D eigenvalue weighted by Crippen LogP contribution is -2.41. The molecule has 0 unspecified atom stereocenters. The van der Waals surface area contributed by atoms with Crippen LogP contribution in [-0.4, -0.2) is 49.4 Å². The highest BCUT2D eigenvalue weighted by atomic mass is 32.2. The van der Waals surface area contributed by atoms with Gasteiger partial charge < -0.3 is 10.6 Å². The summed E-state index contributed by atoms with van der Waals surface area (Å²) < 4.78 is 24.1. The molecule has 0 fully saturated rings. The first-order chi connectivity index (χ1) is 15.3. The molecule has 3 amide bonds. The second-order valence-electron chi connectivity index (χ2n) is 7.52. The second kappa shape index (κ2) is 8.46. The molecule has 4 rings (SSSR count). The van der Waals surface area contributed by atoms with E-state index in [4.69, 9.17) is 0 Å². The van der Waals surface area contributed by atoms with Crippen molar-refractivity contribution in [2.24, 2.45) is 0 Å². The quantitative estimate of drug-likeness (QED) is 0.631. The van der Waals surface area contributed by atoms with Crippen molar-refractivity contribution in [3.8, 4) is 11.3 Å². The number of benzene rings is 2. The van der Waals surface area contributed by atoms with Crippen LogP contribution in [0.15, 0.2) is 54.7 Å². The topological polar surface area (TPSA) is 113 Å². The van der Waals surface area contributed by atoms with E-state index in [0.29, 0.717) is 29.1 Å². The van der Waals surface area contributed by atoms with Gasteiger partial charge in [-0.25, -0.2) is 13.2 Å². The number of fused-ring (bicyclic) bond motifs is 1. The summed E-state index contributed by atoms with van der Waals surface area (Å²) in [5, 5.41) is 9.58. The third kappa shape index (κ3) is 4.35. The Morgan fingerprint density at radius 1 is 1.06 bits per heavy atom. The van der Waals surface area contributed by atoms with Crippen molar-refractivity contribution in [3.05, 3.63) is 65.9 Å². The van der Waals surface area contributed by atoms with Gasteiger partial charge in [-0.1, -0.05) is 18.2 Å². The van der Waals surface area contributed by atoms with Gasteiger partial charge in [0.05, 0.1) is 17.6 Å². The van der Waals surface area contributed by atoms with Crippen molar-refractivity contribution in [2.45, 2.75) is 12.8 Å². The second-order valence-corrected chi connectivity index (χ2v) is 9.36. The number of aromatic nitrogens is 2. The summed E-state index contributed by atoms with van der Waals surface area (Å²) in [5.74, 6) is -0.291. The standard InChI is InChI=1S/C22H23N5O4S/c1-23-22(29)26-12-3-4-16-9-10-18(14-20(16)26)24-21(28)17-7-5-15(6-8-17)19-11-13-27(25-19)32(2,30)31/h5-11,13-14H,3-4,12H2,1-2H3,(H,23,29)(H,24,28). The minimum Gasteiger partial charge on any atom is -0.341 e. The van der Waals surface area contributed by atoms with E-state index in [1.54, 1.807) is 42.3 Å². The number of carbonyl (C=O) groups is 2. The van der Waals surface area contributed by atoms with Gasteiger partial charge in [-0.05, 0) is 48.7 Å². The molecular formula is C22H23N5O4S. The summed E-state index contributed by atoms with van der Waals surface area (Å²) in [4.78, 5) is 26.6. The fourth-order valence-electron chi connectivity index (χ4n) is 3.64. The van der Waals surface area contributed by atoms with Gasteiger partial charge in [0.25, 0.3) is 15.9 Å². The van der Waals surface area contributed by atoms with E-state index in [9.17, 15) is 18.0 Å². The molecule has 0 saturated heterocycles. The predicted molar refractivity (Wildman–Crippen MR) is 122 cm³/mol. The van der Waals surface area contributed by atoms with E-state index < -0.39 is 10.0 Å². The molecule has 3 aromatic rings. The molecule has 10 heteroatoms. The van der Waals surface area contributed by atoms with Gasteiger partial charge >= 0.3 is 6.03 Å². The van der Waals surface area contributed by atoms with E-state index in [2.05, 4.69) is 15.7 Å². The van der Waals surface area contributed by atoms with E-state index >= 15 is 0 Å². The van der Waals surface area contributed by atoms with Crippen LogP contribution in [0, 0.1) is 0 Å². The number of rotatable bonds is 4. The van der Waals surface area contributed by atoms with Gasteiger partial charge in [0.1, 0.15) is 0 Å². The third-order valence-corrected chi connectivity index (χ3v) is 6.15. The molecule has 2 aromatic carbocycles. The first-order valence-corrected chi connectivity index (χ1v) is 11.9. The van der Waals surface area contributed by atoms with Gasteiger partial charge in [-0.15, -0.1) is 0 Å².